The number of carbonyl (C=O) groups excluding carboxylic acids is 3. The molecule has 0 radical (unpaired) electrons. The topological polar surface area (TPSA) is 139 Å². The number of nitrogens with one attached hydrogen (secondary N) is 2. The van der Waals surface area contributed by atoms with Crippen molar-refractivity contribution in [2.75, 3.05) is 19.7 Å². The number of rotatable bonds is 10. The molecule has 4 rings (SSSR count). The van der Waals surface area contributed by atoms with Gasteiger partial charge in [0.25, 0.3) is 0 Å². The maximum absolute atomic E-state index is 12.8. The largest absolute Gasteiger partial charge is 0.459 e. The number of allylic oxidation sites excluding steroid dienone is 2. The van der Waals surface area contributed by atoms with Gasteiger partial charge in [0.2, 0.25) is 11.8 Å². The Morgan fingerprint density at radius 2 is 1.95 bits per heavy atom. The molecule has 4 aliphatic rings. The van der Waals surface area contributed by atoms with Gasteiger partial charge in [-0.15, -0.1) is 0 Å². The van der Waals surface area contributed by atoms with Crippen molar-refractivity contribution in [3.05, 3.63) is 36.0 Å². The molecule has 0 aromatic carbocycles. The lowest BCUT2D eigenvalue weighted by atomic mass is 9.87. The van der Waals surface area contributed by atoms with Gasteiger partial charge >= 0.3 is 5.97 Å². The summed E-state index contributed by atoms with van der Waals surface area (Å²) in [5.41, 5.74) is 3.54. The Balaban J connectivity index is 1.26. The van der Waals surface area contributed by atoms with Gasteiger partial charge in [0.1, 0.15) is 23.9 Å². The fourth-order valence-electron chi connectivity index (χ4n) is 6.09. The lowest BCUT2D eigenvalue weighted by molar-refractivity contribution is -0.154. The van der Waals surface area contributed by atoms with Crippen LogP contribution in [0.3, 0.4) is 0 Å². The van der Waals surface area contributed by atoms with E-state index in [2.05, 4.69) is 23.7 Å². The first kappa shape index (κ1) is 33.3. The molecule has 11 nitrogen and oxygen atoms in total. The smallest absolute Gasteiger partial charge is 0.303 e. The summed E-state index contributed by atoms with van der Waals surface area (Å²) in [5, 5.41) is 15.6. The van der Waals surface area contributed by atoms with Crippen molar-refractivity contribution in [3.63, 3.8) is 0 Å². The number of nitrogens with zero attached hydrogens (tertiary/aromatic N) is 1. The number of aliphatic hydroxyl groups excluding tert-OH is 1. The molecule has 11 heteroatoms. The Kier molecular flexibility index (Phi) is 11.6. The third kappa shape index (κ3) is 9.46. The molecule has 4 saturated heterocycles. The predicted molar refractivity (Wildman–Crippen MR) is 159 cm³/mol. The first-order chi connectivity index (χ1) is 20.5. The fourth-order valence-corrected chi connectivity index (χ4v) is 6.09. The van der Waals surface area contributed by atoms with E-state index in [0.29, 0.717) is 26.0 Å². The summed E-state index contributed by atoms with van der Waals surface area (Å²) in [6.45, 7) is 11.1. The number of hydrazine groups is 1. The second-order valence-electron chi connectivity index (χ2n) is 12.5. The van der Waals surface area contributed by atoms with Gasteiger partial charge in [0.15, 0.2) is 0 Å². The van der Waals surface area contributed by atoms with E-state index in [4.69, 9.17) is 18.9 Å². The molecule has 4 heterocycles. The van der Waals surface area contributed by atoms with E-state index in [0.717, 1.165) is 31.4 Å². The van der Waals surface area contributed by atoms with E-state index >= 15 is 0 Å². The molecule has 0 aliphatic carbocycles. The first-order valence-electron chi connectivity index (χ1n) is 15.6. The Morgan fingerprint density at radius 1 is 1.19 bits per heavy atom. The average Bonchev–Trinajstić information content (AvgIpc) is 3.74. The Morgan fingerprint density at radius 3 is 2.63 bits per heavy atom. The van der Waals surface area contributed by atoms with Crippen LogP contribution in [0.2, 0.25) is 0 Å². The van der Waals surface area contributed by atoms with Crippen LogP contribution in [-0.2, 0) is 33.3 Å². The predicted octanol–water partition coefficient (Wildman–Crippen LogP) is 2.49. The molecule has 240 valence electrons. The van der Waals surface area contributed by atoms with E-state index in [1.54, 1.807) is 18.0 Å². The van der Waals surface area contributed by atoms with Gasteiger partial charge in [0.05, 0.1) is 37.4 Å². The van der Waals surface area contributed by atoms with E-state index in [1.807, 2.05) is 26.0 Å². The van der Waals surface area contributed by atoms with Crippen LogP contribution in [0.4, 0.5) is 0 Å². The van der Waals surface area contributed by atoms with Gasteiger partial charge in [-0.2, -0.15) is 0 Å². The standard InChI is InChI=1S/C32H49N3O8/c1-20(8-11-27-21(2)16-26(23(4)42-27)34-29(37)13-10-22(3)41-24(5)36)9-12-28-31(39)32(19-40-32)18-25(43-28)17-30(38)35-15-7-6-14-33-35/h8-10,12-13,21-23,25-28,31,33,39H,6-7,11,14-19H2,1-5H3,(H,34,37)/b12-9+,13-10-,20-8+/t21-,22-,23+,25+,26+,27-,28+,31+,32+/m0/s1. The van der Waals surface area contributed by atoms with E-state index < -0.39 is 29.9 Å². The molecule has 9 atom stereocenters. The molecule has 0 aromatic heterocycles. The number of esters is 1. The second-order valence-corrected chi connectivity index (χ2v) is 12.5. The molecule has 0 saturated carbocycles. The average molecular weight is 604 g/mol. The summed E-state index contributed by atoms with van der Waals surface area (Å²) in [6.07, 6.45) is 10.9. The quantitative estimate of drug-likeness (QED) is 0.149. The van der Waals surface area contributed by atoms with Crippen molar-refractivity contribution in [1.29, 1.82) is 0 Å². The van der Waals surface area contributed by atoms with Gasteiger partial charge in [-0.1, -0.05) is 30.7 Å². The van der Waals surface area contributed by atoms with E-state index in [9.17, 15) is 19.5 Å². The molecule has 0 aromatic rings. The van der Waals surface area contributed by atoms with Crippen LogP contribution in [0.15, 0.2) is 36.0 Å². The van der Waals surface area contributed by atoms with Gasteiger partial charge in [-0.05, 0) is 58.4 Å². The molecular weight excluding hydrogens is 554 g/mol. The van der Waals surface area contributed by atoms with Crippen molar-refractivity contribution in [2.45, 2.75) is 121 Å². The van der Waals surface area contributed by atoms with E-state index in [-0.39, 0.29) is 48.5 Å². The zero-order valence-corrected chi connectivity index (χ0v) is 26.1. The van der Waals surface area contributed by atoms with Crippen molar-refractivity contribution >= 4 is 17.8 Å². The van der Waals surface area contributed by atoms with Crippen LogP contribution in [0.5, 0.6) is 0 Å². The Bertz CT molecular complexity index is 1080. The SMILES string of the molecule is CC(=O)O[C@@H](C)/C=C\C(=O)N[C@@H]1C[C@H](C)[C@H](C/C=C(C)/C=C/[C@H]2O[C@H](CC(=O)N3CCCCN3)C[C@@]3(CO3)[C@@H]2O)O[C@@H]1C. The molecular formula is C32H49N3O8. The molecule has 0 unspecified atom stereocenters. The zero-order valence-electron chi connectivity index (χ0n) is 26.1. The maximum atomic E-state index is 12.8. The normalized spacial score (nSPS) is 35.7. The fraction of sp³-hybridized carbons (Fsp3) is 0.719. The van der Waals surface area contributed by atoms with Crippen molar-refractivity contribution < 1.29 is 38.4 Å². The van der Waals surface area contributed by atoms with Gasteiger partial charge in [-0.25, -0.2) is 5.43 Å². The summed E-state index contributed by atoms with van der Waals surface area (Å²) in [6, 6.07) is -0.121. The molecule has 4 aliphatic heterocycles. The van der Waals surface area contributed by atoms with Crippen molar-refractivity contribution in [1.82, 2.24) is 15.8 Å². The molecule has 3 N–H and O–H groups in total. The summed E-state index contributed by atoms with van der Waals surface area (Å²) < 4.78 is 23.2. The number of ether oxygens (including phenoxy) is 4. The summed E-state index contributed by atoms with van der Waals surface area (Å²) >= 11 is 0. The Hall–Kier alpha value is -2.57. The minimum Gasteiger partial charge on any atom is -0.459 e. The number of hydrogen-bond acceptors (Lipinski definition) is 9. The van der Waals surface area contributed by atoms with Gasteiger partial charge in [-0.3, -0.25) is 19.4 Å². The lowest BCUT2D eigenvalue weighted by Gasteiger charge is -2.39. The number of amides is 2. The van der Waals surface area contributed by atoms with Crippen molar-refractivity contribution in [3.8, 4) is 0 Å². The van der Waals surface area contributed by atoms with Crippen LogP contribution in [0.1, 0.15) is 73.1 Å². The maximum Gasteiger partial charge on any atom is 0.303 e. The van der Waals surface area contributed by atoms with Crippen LogP contribution >= 0.6 is 0 Å². The Labute approximate surface area is 255 Å². The highest BCUT2D eigenvalue weighted by Gasteiger charge is 2.58. The number of hydrogen-bond donors (Lipinski definition) is 3. The van der Waals surface area contributed by atoms with E-state index in [1.165, 1.54) is 13.0 Å². The van der Waals surface area contributed by atoms with Crippen LogP contribution in [0, 0.1) is 5.92 Å². The third-order valence-corrected chi connectivity index (χ3v) is 8.74. The summed E-state index contributed by atoms with van der Waals surface area (Å²) in [7, 11) is 0. The highest BCUT2D eigenvalue weighted by atomic mass is 16.6. The third-order valence-electron chi connectivity index (χ3n) is 8.74. The van der Waals surface area contributed by atoms with Crippen LogP contribution < -0.4 is 10.7 Å². The number of epoxide rings is 1. The highest BCUT2D eigenvalue weighted by molar-refractivity contribution is 5.87. The second kappa shape index (κ2) is 14.9. The molecule has 43 heavy (non-hydrogen) atoms. The summed E-state index contributed by atoms with van der Waals surface area (Å²) in [5.74, 6) is -0.401. The monoisotopic (exact) mass is 603 g/mol. The molecule has 1 spiro atoms. The van der Waals surface area contributed by atoms with Crippen LogP contribution in [0.25, 0.3) is 0 Å². The van der Waals surface area contributed by atoms with Gasteiger partial charge < -0.3 is 29.4 Å². The number of carbonyl (C=O) groups is 3. The summed E-state index contributed by atoms with van der Waals surface area (Å²) in [4.78, 5) is 36.2. The zero-order chi connectivity index (χ0) is 31.1. The first-order valence-corrected chi connectivity index (χ1v) is 15.6. The lowest BCUT2D eigenvalue weighted by Crippen LogP contribution is -2.52. The molecule has 2 amide bonds. The minimum atomic E-state index is -0.787. The van der Waals surface area contributed by atoms with Gasteiger partial charge in [0, 0.05) is 32.5 Å². The molecule has 0 bridgehead atoms. The van der Waals surface area contributed by atoms with Crippen LogP contribution in [-0.4, -0.2) is 95.9 Å². The minimum absolute atomic E-state index is 0.00415. The van der Waals surface area contributed by atoms with Crippen molar-refractivity contribution in [2.24, 2.45) is 5.92 Å². The molecule has 4 fully saturated rings. The number of aliphatic hydroxyl groups is 1. The highest BCUT2D eigenvalue weighted by Crippen LogP contribution is 2.43.